The number of aromatic nitrogens is 1. The number of hydrogen-bond acceptors (Lipinski definition) is 6. The first kappa shape index (κ1) is 22.8. The largest absolute Gasteiger partial charge is 0.493 e. The lowest BCUT2D eigenvalue weighted by molar-refractivity contribution is 0.0719. The first-order chi connectivity index (χ1) is 17.7. The Morgan fingerprint density at radius 3 is 2.14 bits per heavy atom. The van der Waals surface area contributed by atoms with Gasteiger partial charge in [0.05, 0.1) is 12.8 Å². The lowest BCUT2D eigenvalue weighted by Crippen LogP contribution is -2.09. The number of benzene rings is 4. The standard InChI is InChI=1S/C30H22N2O4/c1-34-27-17-12-21(20-31-25-15-13-23(14-16-25)22-8-4-2-5-9-22)18-29(27)35-30(33)26-19-28(36-32-26)24-10-6-3-7-11-24/h2-20H,1H3. The average Bonchev–Trinajstić information content (AvgIpc) is 3.44. The molecule has 0 atom stereocenters. The third kappa shape index (κ3) is 5.23. The number of esters is 1. The molecule has 0 saturated heterocycles. The zero-order valence-electron chi connectivity index (χ0n) is 19.5. The minimum atomic E-state index is -0.648. The van der Waals surface area contributed by atoms with Crippen LogP contribution in [0.3, 0.4) is 0 Å². The van der Waals surface area contributed by atoms with Crippen LogP contribution in [0.25, 0.3) is 22.5 Å². The van der Waals surface area contributed by atoms with Crippen LogP contribution in [0.15, 0.2) is 119 Å². The molecule has 5 aromatic rings. The molecule has 0 bridgehead atoms. The minimum absolute atomic E-state index is 0.0634. The normalized spacial score (nSPS) is 10.9. The van der Waals surface area contributed by atoms with Gasteiger partial charge in [-0.1, -0.05) is 78.0 Å². The molecule has 0 N–H and O–H groups in total. The molecule has 0 saturated carbocycles. The monoisotopic (exact) mass is 474 g/mol. The van der Waals surface area contributed by atoms with Crippen molar-refractivity contribution in [1.29, 1.82) is 0 Å². The van der Waals surface area contributed by atoms with Gasteiger partial charge in [0.1, 0.15) is 0 Å². The van der Waals surface area contributed by atoms with Gasteiger partial charge in [0.2, 0.25) is 0 Å². The number of rotatable bonds is 7. The van der Waals surface area contributed by atoms with E-state index in [1.54, 1.807) is 24.4 Å². The zero-order chi connectivity index (χ0) is 24.7. The number of nitrogens with zero attached hydrogens (tertiary/aromatic N) is 2. The Morgan fingerprint density at radius 2 is 1.44 bits per heavy atom. The molecule has 176 valence electrons. The topological polar surface area (TPSA) is 73.9 Å². The van der Waals surface area contributed by atoms with E-state index in [4.69, 9.17) is 14.0 Å². The van der Waals surface area contributed by atoms with Crippen molar-refractivity contribution in [2.75, 3.05) is 7.11 Å². The second-order valence-electron chi connectivity index (χ2n) is 7.91. The van der Waals surface area contributed by atoms with Gasteiger partial charge in [-0.05, 0) is 47.0 Å². The molecule has 6 nitrogen and oxygen atoms in total. The van der Waals surface area contributed by atoms with Crippen LogP contribution in [0.5, 0.6) is 11.5 Å². The molecule has 0 radical (unpaired) electrons. The van der Waals surface area contributed by atoms with E-state index in [0.29, 0.717) is 11.5 Å². The summed E-state index contributed by atoms with van der Waals surface area (Å²) >= 11 is 0. The van der Waals surface area contributed by atoms with E-state index >= 15 is 0 Å². The van der Waals surface area contributed by atoms with Gasteiger partial charge in [0.15, 0.2) is 23.0 Å². The first-order valence-corrected chi connectivity index (χ1v) is 11.3. The second kappa shape index (κ2) is 10.5. The SMILES string of the molecule is COc1ccc(C=Nc2ccc(-c3ccccc3)cc2)cc1OC(=O)c1cc(-c2ccccc2)on1. The quantitative estimate of drug-likeness (QED) is 0.144. The molecular formula is C30H22N2O4. The molecule has 5 rings (SSSR count). The molecule has 0 unspecified atom stereocenters. The van der Waals surface area contributed by atoms with E-state index < -0.39 is 5.97 Å². The maximum Gasteiger partial charge on any atom is 0.366 e. The summed E-state index contributed by atoms with van der Waals surface area (Å²) in [4.78, 5) is 17.3. The van der Waals surface area contributed by atoms with Crippen LogP contribution < -0.4 is 9.47 Å². The maximum atomic E-state index is 12.7. The predicted octanol–water partition coefficient (Wildman–Crippen LogP) is 6.99. The second-order valence-corrected chi connectivity index (χ2v) is 7.91. The molecule has 4 aromatic carbocycles. The van der Waals surface area contributed by atoms with Crippen LogP contribution in [-0.4, -0.2) is 24.5 Å². The molecular weight excluding hydrogens is 452 g/mol. The summed E-state index contributed by atoms with van der Waals surface area (Å²) < 4.78 is 16.3. The van der Waals surface area contributed by atoms with Gasteiger partial charge in [0, 0.05) is 17.8 Å². The molecule has 0 amide bonds. The molecule has 1 heterocycles. The van der Waals surface area contributed by atoms with Gasteiger partial charge < -0.3 is 14.0 Å². The van der Waals surface area contributed by atoms with Crippen LogP contribution in [0.2, 0.25) is 0 Å². The van der Waals surface area contributed by atoms with Crippen molar-refractivity contribution >= 4 is 17.9 Å². The van der Waals surface area contributed by atoms with Gasteiger partial charge in [-0.15, -0.1) is 0 Å². The highest BCUT2D eigenvalue weighted by atomic mass is 16.6. The van der Waals surface area contributed by atoms with Gasteiger partial charge in [-0.3, -0.25) is 4.99 Å². The van der Waals surface area contributed by atoms with Gasteiger partial charge in [-0.25, -0.2) is 4.79 Å². The fourth-order valence-electron chi connectivity index (χ4n) is 3.64. The highest BCUT2D eigenvalue weighted by molar-refractivity contribution is 5.91. The smallest absolute Gasteiger partial charge is 0.366 e. The Labute approximate surface area is 208 Å². The summed E-state index contributed by atoms with van der Waals surface area (Å²) in [7, 11) is 1.51. The van der Waals surface area contributed by atoms with Gasteiger partial charge >= 0.3 is 5.97 Å². The maximum absolute atomic E-state index is 12.7. The lowest BCUT2D eigenvalue weighted by Gasteiger charge is -2.09. The Balaban J connectivity index is 1.31. The Kier molecular flexibility index (Phi) is 6.67. The fraction of sp³-hybridized carbons (Fsp3) is 0.0333. The highest BCUT2D eigenvalue weighted by Crippen LogP contribution is 2.29. The van der Waals surface area contributed by atoms with Crippen molar-refractivity contribution in [3.8, 4) is 33.9 Å². The van der Waals surface area contributed by atoms with Crippen LogP contribution in [0.4, 0.5) is 5.69 Å². The predicted molar refractivity (Wildman–Crippen MR) is 139 cm³/mol. The van der Waals surface area contributed by atoms with Crippen LogP contribution in [-0.2, 0) is 0 Å². The van der Waals surface area contributed by atoms with E-state index in [-0.39, 0.29) is 11.4 Å². The third-order valence-corrected chi connectivity index (χ3v) is 5.51. The fourth-order valence-corrected chi connectivity index (χ4v) is 3.64. The van der Waals surface area contributed by atoms with Crippen LogP contribution >= 0.6 is 0 Å². The average molecular weight is 475 g/mol. The van der Waals surface area contributed by atoms with Crippen LogP contribution in [0, 0.1) is 0 Å². The molecule has 0 aliphatic rings. The number of methoxy groups -OCH3 is 1. The number of carbonyl (C=O) groups is 1. The molecule has 36 heavy (non-hydrogen) atoms. The third-order valence-electron chi connectivity index (χ3n) is 5.51. The van der Waals surface area contributed by atoms with E-state index in [2.05, 4.69) is 22.3 Å². The highest BCUT2D eigenvalue weighted by Gasteiger charge is 2.18. The van der Waals surface area contributed by atoms with Gasteiger partial charge in [0.25, 0.3) is 0 Å². The van der Waals surface area contributed by atoms with Crippen LogP contribution in [0.1, 0.15) is 16.1 Å². The number of hydrogen-bond donors (Lipinski definition) is 0. The number of carbonyl (C=O) groups excluding carboxylic acids is 1. The number of aliphatic imine (C=N–C) groups is 1. The number of ether oxygens (including phenoxy) is 2. The van der Waals surface area contributed by atoms with Crippen molar-refractivity contribution < 1.29 is 18.8 Å². The van der Waals surface area contributed by atoms with Crippen molar-refractivity contribution in [2.24, 2.45) is 4.99 Å². The van der Waals surface area contributed by atoms with Crippen molar-refractivity contribution in [3.63, 3.8) is 0 Å². The molecule has 0 aliphatic carbocycles. The molecule has 0 spiro atoms. The van der Waals surface area contributed by atoms with E-state index in [9.17, 15) is 4.79 Å². The first-order valence-electron chi connectivity index (χ1n) is 11.3. The summed E-state index contributed by atoms with van der Waals surface area (Å²) in [6.07, 6.45) is 1.71. The Bertz CT molecular complexity index is 1490. The molecule has 1 aromatic heterocycles. The molecule has 0 fully saturated rings. The summed E-state index contributed by atoms with van der Waals surface area (Å²) in [5.74, 6) is 0.508. The lowest BCUT2D eigenvalue weighted by atomic mass is 10.1. The van der Waals surface area contributed by atoms with Crippen molar-refractivity contribution in [1.82, 2.24) is 5.16 Å². The molecule has 0 aliphatic heterocycles. The summed E-state index contributed by atoms with van der Waals surface area (Å²) in [5, 5.41) is 3.85. The Hall–Kier alpha value is -4.97. The summed E-state index contributed by atoms with van der Waals surface area (Å²) in [6.45, 7) is 0. The van der Waals surface area contributed by atoms with Crippen molar-refractivity contribution in [3.05, 3.63) is 120 Å². The Morgan fingerprint density at radius 1 is 0.778 bits per heavy atom. The van der Waals surface area contributed by atoms with E-state index in [1.807, 2.05) is 78.9 Å². The molecule has 6 heteroatoms. The summed E-state index contributed by atoms with van der Waals surface area (Å²) in [5.41, 5.74) is 4.70. The summed E-state index contributed by atoms with van der Waals surface area (Å²) in [6, 6.07) is 34.3. The minimum Gasteiger partial charge on any atom is -0.493 e. The van der Waals surface area contributed by atoms with E-state index in [0.717, 1.165) is 27.9 Å². The van der Waals surface area contributed by atoms with Gasteiger partial charge in [-0.2, -0.15) is 0 Å². The van der Waals surface area contributed by atoms with E-state index in [1.165, 1.54) is 7.11 Å². The van der Waals surface area contributed by atoms with Crippen molar-refractivity contribution in [2.45, 2.75) is 0 Å². The zero-order valence-corrected chi connectivity index (χ0v) is 19.5.